The Labute approximate surface area is 141 Å². The smallest absolute Gasteiger partial charge is 0.332 e. The molecule has 1 aliphatic carbocycles. The molecule has 0 spiro atoms. The number of Topliss-reactive ketones (excluding diaryl/α,β-unsaturated/α-hetero) is 1. The molecule has 0 aromatic heterocycles. The summed E-state index contributed by atoms with van der Waals surface area (Å²) in [5.41, 5.74) is 1.02. The van der Waals surface area contributed by atoms with E-state index in [1.165, 1.54) is 0 Å². The molecule has 0 unspecified atom stereocenters. The lowest BCUT2D eigenvalue weighted by Gasteiger charge is -2.23. The largest absolute Gasteiger partial charge is 0.478 e. The molecule has 2 N–H and O–H groups in total. The van der Waals surface area contributed by atoms with Crippen molar-refractivity contribution in [3.8, 4) is 0 Å². The molecule has 2 rings (SSSR count). The number of benzene rings is 1. The molecule has 1 saturated carbocycles. The third kappa shape index (κ3) is 4.31. The van der Waals surface area contributed by atoms with E-state index in [-0.39, 0.29) is 22.8 Å². The zero-order valence-electron chi connectivity index (χ0n) is 13.7. The van der Waals surface area contributed by atoms with E-state index in [0.717, 1.165) is 24.8 Å². The Morgan fingerprint density at radius 3 is 2.04 bits per heavy atom. The number of rotatable bonds is 6. The molecule has 128 valence electrons. The summed E-state index contributed by atoms with van der Waals surface area (Å²) in [5, 5.41) is 19.0. The minimum Gasteiger partial charge on any atom is -0.478 e. The van der Waals surface area contributed by atoms with Crippen LogP contribution in [-0.4, -0.2) is 27.9 Å². The lowest BCUT2D eigenvalue weighted by Crippen LogP contribution is -2.22. The van der Waals surface area contributed by atoms with Crippen LogP contribution in [0, 0.1) is 12.8 Å². The predicted octanol–water partition coefficient (Wildman–Crippen LogP) is 3.61. The summed E-state index contributed by atoms with van der Waals surface area (Å²) in [6.07, 6.45) is 3.75. The molecular weight excluding hydrogens is 308 g/mol. The van der Waals surface area contributed by atoms with Gasteiger partial charge in [0.1, 0.15) is 0 Å². The normalized spacial score (nSPS) is 16.4. The quantitative estimate of drug-likeness (QED) is 0.614. The fraction of sp³-hybridized carbons (Fsp3) is 0.421. The van der Waals surface area contributed by atoms with Crippen molar-refractivity contribution in [1.82, 2.24) is 0 Å². The van der Waals surface area contributed by atoms with Crippen LogP contribution in [0.15, 0.2) is 35.4 Å². The van der Waals surface area contributed by atoms with Gasteiger partial charge in [-0.05, 0) is 25.7 Å². The topological polar surface area (TPSA) is 91.7 Å². The number of carboxylic acids is 2. The van der Waals surface area contributed by atoms with E-state index < -0.39 is 18.4 Å². The zero-order chi connectivity index (χ0) is 17.7. The minimum absolute atomic E-state index is 0.0948. The molecule has 0 radical (unpaired) electrons. The van der Waals surface area contributed by atoms with Crippen LogP contribution in [0.25, 0.3) is 0 Å². The van der Waals surface area contributed by atoms with Crippen LogP contribution in [0.4, 0.5) is 0 Å². The summed E-state index contributed by atoms with van der Waals surface area (Å²) in [7, 11) is 0. The maximum absolute atomic E-state index is 12.4. The molecule has 0 atom stereocenters. The van der Waals surface area contributed by atoms with E-state index in [9.17, 15) is 24.6 Å². The SMILES string of the molecule is Cc1ccc(C(=O)C/C(C(=O)O)=C(\C(=O)O)C2CCCCC2)cc1. The standard InChI is InChI=1S/C19H22O5/c1-12-7-9-13(10-8-12)16(20)11-15(18(21)22)17(19(23)24)14-5-3-2-4-6-14/h7-10,14H,2-6,11H2,1H3,(H,21,22)(H,23,24)/b17-15+. The van der Waals surface area contributed by atoms with E-state index >= 15 is 0 Å². The second kappa shape index (κ2) is 7.90. The van der Waals surface area contributed by atoms with Gasteiger partial charge in [-0.25, -0.2) is 9.59 Å². The summed E-state index contributed by atoms with van der Waals surface area (Å²) in [5.74, 6) is -3.20. The first kappa shape index (κ1) is 17.9. The predicted molar refractivity (Wildman–Crippen MR) is 89.0 cm³/mol. The van der Waals surface area contributed by atoms with Crippen molar-refractivity contribution < 1.29 is 24.6 Å². The molecule has 0 saturated heterocycles. The summed E-state index contributed by atoms with van der Waals surface area (Å²) in [4.78, 5) is 35.7. The molecular formula is C19H22O5. The van der Waals surface area contributed by atoms with Crippen LogP contribution in [-0.2, 0) is 9.59 Å². The zero-order valence-corrected chi connectivity index (χ0v) is 13.7. The number of carbonyl (C=O) groups excluding carboxylic acids is 1. The van der Waals surface area contributed by atoms with Crippen molar-refractivity contribution >= 4 is 17.7 Å². The number of hydrogen-bond acceptors (Lipinski definition) is 3. The Hall–Kier alpha value is -2.43. The monoisotopic (exact) mass is 330 g/mol. The van der Waals surface area contributed by atoms with Gasteiger partial charge < -0.3 is 10.2 Å². The van der Waals surface area contributed by atoms with Crippen molar-refractivity contribution in [3.05, 3.63) is 46.5 Å². The highest BCUT2D eigenvalue weighted by Gasteiger charge is 2.30. The number of ketones is 1. The molecule has 0 bridgehead atoms. The Morgan fingerprint density at radius 1 is 0.958 bits per heavy atom. The van der Waals surface area contributed by atoms with Gasteiger partial charge in [-0.1, -0.05) is 49.1 Å². The second-order valence-electron chi connectivity index (χ2n) is 6.30. The Kier molecular flexibility index (Phi) is 5.90. The lowest BCUT2D eigenvalue weighted by atomic mass is 9.80. The number of aliphatic carboxylic acids is 2. The van der Waals surface area contributed by atoms with Crippen LogP contribution in [0.2, 0.25) is 0 Å². The fourth-order valence-electron chi connectivity index (χ4n) is 3.23. The summed E-state index contributed by atoms with van der Waals surface area (Å²) < 4.78 is 0. The van der Waals surface area contributed by atoms with Crippen molar-refractivity contribution in [2.45, 2.75) is 45.4 Å². The van der Waals surface area contributed by atoms with Crippen molar-refractivity contribution in [1.29, 1.82) is 0 Å². The highest BCUT2D eigenvalue weighted by atomic mass is 16.4. The van der Waals surface area contributed by atoms with E-state index in [4.69, 9.17) is 0 Å². The Bertz CT molecular complexity index is 664. The van der Waals surface area contributed by atoms with Gasteiger partial charge in [0.2, 0.25) is 0 Å². The van der Waals surface area contributed by atoms with Crippen LogP contribution in [0.5, 0.6) is 0 Å². The second-order valence-corrected chi connectivity index (χ2v) is 6.30. The molecule has 0 aliphatic heterocycles. The van der Waals surface area contributed by atoms with Gasteiger partial charge >= 0.3 is 11.9 Å². The third-order valence-corrected chi connectivity index (χ3v) is 4.54. The van der Waals surface area contributed by atoms with E-state index in [2.05, 4.69) is 0 Å². The van der Waals surface area contributed by atoms with Crippen LogP contribution < -0.4 is 0 Å². The Balaban J connectivity index is 2.34. The molecule has 0 amide bonds. The molecule has 1 aliphatic rings. The molecule has 5 nitrogen and oxygen atoms in total. The average molecular weight is 330 g/mol. The van der Waals surface area contributed by atoms with Gasteiger partial charge in [0.25, 0.3) is 0 Å². The molecule has 5 heteroatoms. The van der Waals surface area contributed by atoms with Gasteiger partial charge in [-0.3, -0.25) is 4.79 Å². The van der Waals surface area contributed by atoms with E-state index in [1.54, 1.807) is 24.3 Å². The maximum Gasteiger partial charge on any atom is 0.332 e. The minimum atomic E-state index is -1.32. The molecule has 0 heterocycles. The Morgan fingerprint density at radius 2 is 1.54 bits per heavy atom. The number of carbonyl (C=O) groups is 3. The van der Waals surface area contributed by atoms with Crippen molar-refractivity contribution in [2.75, 3.05) is 0 Å². The first-order chi connectivity index (χ1) is 11.4. The summed E-state index contributed by atoms with van der Waals surface area (Å²) in [6.45, 7) is 1.89. The molecule has 1 aromatic carbocycles. The van der Waals surface area contributed by atoms with Crippen LogP contribution in [0.3, 0.4) is 0 Å². The van der Waals surface area contributed by atoms with Crippen molar-refractivity contribution in [2.24, 2.45) is 5.92 Å². The van der Waals surface area contributed by atoms with Gasteiger partial charge in [-0.2, -0.15) is 0 Å². The summed E-state index contributed by atoms with van der Waals surface area (Å²) in [6, 6.07) is 6.82. The van der Waals surface area contributed by atoms with Gasteiger partial charge in [0, 0.05) is 12.0 Å². The summed E-state index contributed by atoms with van der Waals surface area (Å²) >= 11 is 0. The highest BCUT2D eigenvalue weighted by molar-refractivity contribution is 6.07. The number of hydrogen-bond donors (Lipinski definition) is 2. The third-order valence-electron chi connectivity index (χ3n) is 4.54. The first-order valence-electron chi connectivity index (χ1n) is 8.19. The number of carboxylic acid groups (broad SMARTS) is 2. The van der Waals surface area contributed by atoms with Gasteiger partial charge in [0.05, 0.1) is 11.1 Å². The van der Waals surface area contributed by atoms with Crippen LogP contribution in [0.1, 0.15) is 54.4 Å². The lowest BCUT2D eigenvalue weighted by molar-refractivity contribution is -0.136. The highest BCUT2D eigenvalue weighted by Crippen LogP contribution is 2.33. The van der Waals surface area contributed by atoms with E-state index in [1.807, 2.05) is 6.92 Å². The molecule has 24 heavy (non-hydrogen) atoms. The van der Waals surface area contributed by atoms with Crippen molar-refractivity contribution in [3.63, 3.8) is 0 Å². The molecule has 1 fully saturated rings. The average Bonchev–Trinajstić information content (AvgIpc) is 2.55. The van der Waals surface area contributed by atoms with Crippen LogP contribution >= 0.6 is 0 Å². The maximum atomic E-state index is 12.4. The first-order valence-corrected chi connectivity index (χ1v) is 8.19. The molecule has 1 aromatic rings. The van der Waals surface area contributed by atoms with Gasteiger partial charge in [0.15, 0.2) is 5.78 Å². The fourth-order valence-corrected chi connectivity index (χ4v) is 3.23. The number of aryl methyl sites for hydroxylation is 1. The van der Waals surface area contributed by atoms with E-state index in [0.29, 0.717) is 18.4 Å². The van der Waals surface area contributed by atoms with Gasteiger partial charge in [-0.15, -0.1) is 0 Å².